The van der Waals surface area contributed by atoms with Crippen molar-refractivity contribution < 1.29 is 160 Å². The summed E-state index contributed by atoms with van der Waals surface area (Å²) in [6.07, 6.45) is 6.31. The number of halogens is 1. The Morgan fingerprint density at radius 3 is 0.752 bits per heavy atom. The van der Waals surface area contributed by atoms with Gasteiger partial charge in [0.05, 0.1) is 0 Å². The Bertz CT molecular complexity index is 6270. The predicted octanol–water partition coefficient (Wildman–Crippen LogP) is 16.7. The van der Waals surface area contributed by atoms with Crippen molar-refractivity contribution in [1.29, 1.82) is 0 Å². The van der Waals surface area contributed by atoms with E-state index in [2.05, 4.69) is 505 Å². The van der Waals surface area contributed by atoms with E-state index in [9.17, 15) is 0 Å². The molecule has 2 heterocycles. The molecule has 1 saturated heterocycles. The quantitative estimate of drug-likeness (QED) is 0.0260. The summed E-state index contributed by atoms with van der Waals surface area (Å²) in [4.78, 5) is 15.5. The molecule has 8 nitrogen and oxygen atoms in total. The van der Waals surface area contributed by atoms with Crippen LogP contribution in [0.2, 0.25) is 0 Å². The molecule has 22 aromatic rings. The van der Waals surface area contributed by atoms with Gasteiger partial charge in [0.1, 0.15) is 0 Å². The first-order valence-corrected chi connectivity index (χ1v) is 50.4. The zero-order valence-electron chi connectivity index (χ0n) is 77.2. The van der Waals surface area contributed by atoms with Crippen molar-refractivity contribution in [3.8, 4) is 11.1 Å². The summed E-state index contributed by atoms with van der Waals surface area (Å²) >= 11 is 3.64. The van der Waals surface area contributed by atoms with Gasteiger partial charge in [-0.1, -0.05) is 519 Å². The van der Waals surface area contributed by atoms with Crippen molar-refractivity contribution in [2.75, 3.05) is 13.2 Å². The van der Waals surface area contributed by atoms with Gasteiger partial charge in [-0.15, -0.1) is 0 Å². The number of rotatable bonds is 15. The minimum atomic E-state index is -1.34. The van der Waals surface area contributed by atoms with Crippen molar-refractivity contribution in [1.82, 2.24) is 4.98 Å². The standard InChI is InChI=1S/C21H13N.4C18H15P.C16H9Br.C6H7BO2.C4H8O.CH2O3.2K.H2O.Pd.H/c1-3-14-6-7-16-8-10-18(17-5-2-12-22-13-17)19-11-9-15(4-1)20(14)21(16)19;4*1-4-10-16(11-5-1)19(17-12-6-2-7-13-17)18-14-8-3-9-15-18;17-14-9-7-12-5-4-10-2-1-3-11-6-8-13(14)16(12)15(10)11;8-7(9)6-4-2-1-3-5-6;1-2-4-5-3-1;2-1-4-3;;;;;/h1-13H;4*1-15H;1-9H;1-5,8-9H;1-4H2;1,3H;;;1H2;;/q;;;;;;;;;2*+1;;;-1/p-1. The minimum Gasteiger partial charge on any atom is -1.00 e. The Morgan fingerprint density at radius 1 is 0.299 bits per heavy atom. The van der Waals surface area contributed by atoms with Crippen LogP contribution >= 0.6 is 47.6 Å². The van der Waals surface area contributed by atoms with Crippen LogP contribution in [0.4, 0.5) is 0 Å². The van der Waals surface area contributed by atoms with E-state index in [4.69, 9.17) is 24.8 Å². The van der Waals surface area contributed by atoms with Crippen LogP contribution in [0, 0.1) is 0 Å². The molecule has 1 aliphatic heterocycles. The molecule has 137 heavy (non-hydrogen) atoms. The summed E-state index contributed by atoms with van der Waals surface area (Å²) < 4.78 is 6.11. The van der Waals surface area contributed by atoms with E-state index in [1.807, 2.05) is 24.5 Å². The monoisotopic (exact) mass is 2070 g/mol. The minimum absolute atomic E-state index is 0. The third-order valence-electron chi connectivity index (χ3n) is 22.1. The zero-order valence-corrected chi connectivity index (χ0v) is 89.1. The second-order valence-electron chi connectivity index (χ2n) is 30.8. The number of carbonyl (C=O) groups excluding carboxylic acids is 1. The average molecular weight is 2070 g/mol. The van der Waals surface area contributed by atoms with Gasteiger partial charge in [0.15, 0.2) is 0 Å². The molecule has 0 amide bonds. The van der Waals surface area contributed by atoms with Crippen LogP contribution in [-0.2, 0) is 34.8 Å². The first-order chi connectivity index (χ1) is 65.8. The van der Waals surface area contributed by atoms with E-state index in [1.54, 1.807) is 24.3 Å². The maximum absolute atomic E-state index is 8.64. The number of aromatic nitrogens is 1. The first-order valence-electron chi connectivity index (χ1n) is 44.2. The SMILES string of the molecule is Brc1ccc2ccc3cccc4ccc1c2c34.C1CCOC1.O.O=CO[O-].OB(O)c1ccccc1.[H-].[K+].[K+].[Pd].c1ccc(P(c2ccccc2)c2ccccc2)cc1.c1ccc(P(c2ccccc2)c2ccccc2)cc1.c1ccc(P(c2ccccc2)c2ccccc2)cc1.c1ccc(P(c2ccccc2)c2ccccc2)cc1.c1cncc(-c2ccc3ccc4cccc5ccc2c3c45)c1. The third kappa shape index (κ3) is 30.2. The molecule has 1 aliphatic rings. The van der Waals surface area contributed by atoms with Gasteiger partial charge in [-0.2, -0.15) is 0 Å². The molecule has 0 aliphatic carbocycles. The number of nitrogens with zero attached hydrogens (tertiary/aromatic N) is 1. The van der Waals surface area contributed by atoms with E-state index in [-0.39, 0.29) is 137 Å². The Balaban J connectivity index is 0.000000164. The van der Waals surface area contributed by atoms with Crippen LogP contribution in [0.3, 0.4) is 0 Å². The number of hydrogen-bond acceptors (Lipinski definition) is 7. The molecule has 1 aromatic heterocycles. The molecule has 0 atom stereocenters. The molecule has 21 aromatic carbocycles. The van der Waals surface area contributed by atoms with Gasteiger partial charge >= 0.3 is 110 Å². The van der Waals surface area contributed by atoms with Crippen molar-refractivity contribution >= 4 is 195 Å². The maximum Gasteiger partial charge on any atom is 1.00 e. The van der Waals surface area contributed by atoms with Gasteiger partial charge in [-0.05, 0) is 196 Å². The van der Waals surface area contributed by atoms with Gasteiger partial charge < -0.3 is 31.8 Å². The van der Waals surface area contributed by atoms with Crippen LogP contribution in [-0.4, -0.2) is 47.3 Å². The fourth-order valence-electron chi connectivity index (χ4n) is 16.1. The van der Waals surface area contributed by atoms with Gasteiger partial charge in [-0.25, -0.2) is 0 Å². The summed E-state index contributed by atoms with van der Waals surface area (Å²) in [6, 6.07) is 182. The van der Waals surface area contributed by atoms with E-state index in [0.29, 0.717) is 5.46 Å². The largest absolute Gasteiger partial charge is 1.00 e. The Labute approximate surface area is 917 Å². The molecule has 1 fully saturated rings. The smallest absolute Gasteiger partial charge is 1.00 e. The fraction of sp³-hybridized carbons (Fsp3) is 0.0333. The van der Waals surface area contributed by atoms with Crippen LogP contribution < -0.4 is 177 Å². The molecule has 0 spiro atoms. The summed E-state index contributed by atoms with van der Waals surface area (Å²) in [5, 5.41) is 58.3. The van der Waals surface area contributed by atoms with E-state index in [1.165, 1.54) is 157 Å². The second-order valence-corrected chi connectivity index (χ2v) is 40.5. The number of carbonyl (C=O) groups is 1. The van der Waals surface area contributed by atoms with Crippen LogP contribution in [0.1, 0.15) is 14.3 Å². The zero-order chi connectivity index (χ0) is 91.2. The molecule has 0 saturated carbocycles. The summed E-state index contributed by atoms with van der Waals surface area (Å²) in [5.41, 5.74) is 2.94. The average Bonchev–Trinajstić information content (AvgIpc) is 0.824. The molecule has 670 valence electrons. The molecule has 23 rings (SSSR count). The number of benzene rings is 21. The molecular weight excluding hydrogens is 1970 g/mol. The third-order valence-corrected chi connectivity index (χ3v) is 32.6. The molecule has 0 unspecified atom stereocenters. The van der Waals surface area contributed by atoms with Gasteiger partial charge in [0, 0.05) is 56.1 Å². The number of hydrogen-bond donors (Lipinski definition) is 2. The van der Waals surface area contributed by atoms with Gasteiger partial charge in [0.2, 0.25) is 0 Å². The summed E-state index contributed by atoms with van der Waals surface area (Å²) in [6.45, 7) is 1.82. The Kier molecular flexibility index (Phi) is 45.9. The van der Waals surface area contributed by atoms with Gasteiger partial charge in [0.25, 0.3) is 6.47 Å². The van der Waals surface area contributed by atoms with E-state index in [0.717, 1.165) is 13.2 Å². The number of pyridine rings is 1. The van der Waals surface area contributed by atoms with Crippen molar-refractivity contribution in [2.45, 2.75) is 12.8 Å². The van der Waals surface area contributed by atoms with Crippen molar-refractivity contribution in [3.05, 3.63) is 533 Å². The summed E-state index contributed by atoms with van der Waals surface area (Å²) in [7, 11) is -3.13. The van der Waals surface area contributed by atoms with Crippen molar-refractivity contribution in [3.63, 3.8) is 0 Å². The van der Waals surface area contributed by atoms with Crippen molar-refractivity contribution in [2.24, 2.45) is 0 Å². The first kappa shape index (κ1) is 108. The Hall–Kier alpha value is -9.68. The molecule has 0 radical (unpaired) electrons. The normalized spacial score (nSPS) is 10.8. The van der Waals surface area contributed by atoms with Crippen LogP contribution in [0.25, 0.3) is 75.8 Å². The summed E-state index contributed by atoms with van der Waals surface area (Å²) in [5.74, 6) is 0. The number of ether oxygens (including phenoxy) is 1. The maximum atomic E-state index is 8.64. The molecule has 4 N–H and O–H groups in total. The predicted molar refractivity (Wildman–Crippen MR) is 580 cm³/mol. The van der Waals surface area contributed by atoms with E-state index < -0.39 is 38.8 Å². The van der Waals surface area contributed by atoms with Crippen LogP contribution in [0.5, 0.6) is 0 Å². The van der Waals surface area contributed by atoms with E-state index >= 15 is 0 Å². The topological polar surface area (TPSA) is 143 Å². The molecule has 17 heteroatoms. The second kappa shape index (κ2) is 58.4. The van der Waals surface area contributed by atoms with Crippen LogP contribution in [0.15, 0.2) is 533 Å². The fourth-order valence-corrected chi connectivity index (χ4v) is 25.7. The Morgan fingerprint density at radius 2 is 0.526 bits per heavy atom. The van der Waals surface area contributed by atoms with Gasteiger partial charge in [-0.3, -0.25) is 9.78 Å². The molecular formula is C120H101BBrK2NO7P4Pd. The molecule has 0 bridgehead atoms.